The van der Waals surface area contributed by atoms with Crippen LogP contribution >= 0.6 is 0 Å². The van der Waals surface area contributed by atoms with Crippen LogP contribution in [-0.2, 0) is 6.42 Å². The molecule has 0 saturated carbocycles. The molecule has 0 spiro atoms. The van der Waals surface area contributed by atoms with Gasteiger partial charge in [0.2, 0.25) is 0 Å². The fraction of sp³-hybridized carbons (Fsp3) is 0.714. The zero-order chi connectivity index (χ0) is 14.5. The Kier molecular flexibility index (Phi) is 5.14. The van der Waals surface area contributed by atoms with Crippen LogP contribution in [0.5, 0.6) is 0 Å². The summed E-state index contributed by atoms with van der Waals surface area (Å²) in [7, 11) is 0. The largest absolute Gasteiger partial charge is 0.308 e. The molecule has 4 N–H and O–H groups in total. The van der Waals surface area contributed by atoms with Gasteiger partial charge in [0.25, 0.3) is 0 Å². The Balaban J connectivity index is 2.23. The van der Waals surface area contributed by atoms with Gasteiger partial charge in [-0.1, -0.05) is 19.8 Å². The van der Waals surface area contributed by atoms with Crippen LogP contribution < -0.4 is 16.7 Å². The molecule has 6 nitrogen and oxygen atoms in total. The van der Waals surface area contributed by atoms with E-state index in [1.165, 1.54) is 19.3 Å². The summed E-state index contributed by atoms with van der Waals surface area (Å²) in [5.41, 5.74) is 7.22. The van der Waals surface area contributed by atoms with Gasteiger partial charge in [0.05, 0.1) is 0 Å². The molecule has 112 valence electrons. The van der Waals surface area contributed by atoms with Gasteiger partial charge in [-0.05, 0) is 33.1 Å². The first-order valence-electron chi connectivity index (χ1n) is 7.52. The maximum Gasteiger partial charge on any atom is 0.149 e. The number of hydrazine groups is 2. The molecule has 1 aliphatic rings. The summed E-state index contributed by atoms with van der Waals surface area (Å²) in [5.74, 6) is 7.14. The Labute approximate surface area is 121 Å². The zero-order valence-electron chi connectivity index (χ0n) is 12.7. The Hall–Kier alpha value is -1.40. The summed E-state index contributed by atoms with van der Waals surface area (Å²) in [6.45, 7) is 6.65. The van der Waals surface area contributed by atoms with Gasteiger partial charge in [0.1, 0.15) is 18.0 Å². The first-order chi connectivity index (χ1) is 9.67. The van der Waals surface area contributed by atoms with E-state index < -0.39 is 0 Å². The van der Waals surface area contributed by atoms with Gasteiger partial charge in [-0.2, -0.15) is 0 Å². The average Bonchev–Trinajstić information content (AvgIpc) is 2.44. The number of hydrogen-bond donors (Lipinski definition) is 3. The predicted molar refractivity (Wildman–Crippen MR) is 82.1 cm³/mol. The van der Waals surface area contributed by atoms with E-state index in [1.54, 1.807) is 6.33 Å². The van der Waals surface area contributed by atoms with Crippen molar-refractivity contribution in [3.05, 3.63) is 11.9 Å². The van der Waals surface area contributed by atoms with Crippen LogP contribution in [0.25, 0.3) is 0 Å². The highest BCUT2D eigenvalue weighted by atomic mass is 15.5. The number of piperidine rings is 1. The monoisotopic (exact) mass is 278 g/mol. The van der Waals surface area contributed by atoms with E-state index in [2.05, 4.69) is 46.6 Å². The molecule has 0 radical (unpaired) electrons. The molecule has 0 amide bonds. The van der Waals surface area contributed by atoms with Crippen molar-refractivity contribution < 1.29 is 0 Å². The summed E-state index contributed by atoms with van der Waals surface area (Å²) in [6.07, 6.45) is 7.21. The van der Waals surface area contributed by atoms with Gasteiger partial charge in [-0.3, -0.25) is 0 Å². The third kappa shape index (κ3) is 3.19. The van der Waals surface area contributed by atoms with Gasteiger partial charge >= 0.3 is 0 Å². The Morgan fingerprint density at radius 3 is 2.50 bits per heavy atom. The smallest absolute Gasteiger partial charge is 0.149 e. The number of nitrogens with zero attached hydrogens (tertiary/aromatic N) is 3. The molecule has 0 bridgehead atoms. The lowest BCUT2D eigenvalue weighted by atomic mass is 10.00. The van der Waals surface area contributed by atoms with Crippen LogP contribution in [0.4, 0.5) is 11.6 Å². The number of hydrogen-bond acceptors (Lipinski definition) is 6. The van der Waals surface area contributed by atoms with Gasteiger partial charge in [0, 0.05) is 17.6 Å². The van der Waals surface area contributed by atoms with Gasteiger partial charge < -0.3 is 10.9 Å². The van der Waals surface area contributed by atoms with E-state index in [0.717, 1.165) is 24.2 Å². The first kappa shape index (κ1) is 15.0. The number of nitrogens with one attached hydrogen (secondary N) is 2. The molecule has 1 aromatic heterocycles. The van der Waals surface area contributed by atoms with Crippen LogP contribution in [0.3, 0.4) is 0 Å². The van der Waals surface area contributed by atoms with E-state index in [0.29, 0.717) is 17.9 Å². The van der Waals surface area contributed by atoms with Crippen molar-refractivity contribution in [3.8, 4) is 0 Å². The lowest BCUT2D eigenvalue weighted by molar-refractivity contribution is 0.135. The molecule has 2 rings (SSSR count). The minimum atomic E-state index is 0.512. The molecule has 1 aromatic rings. The summed E-state index contributed by atoms with van der Waals surface area (Å²) < 4.78 is 0. The minimum absolute atomic E-state index is 0.512. The summed E-state index contributed by atoms with van der Waals surface area (Å²) >= 11 is 0. The SMILES string of the molecule is CCCc1c(NN)ncnc1NN1C(C)CCCC1C. The molecular weight excluding hydrogens is 252 g/mol. The second kappa shape index (κ2) is 6.85. The standard InChI is InChI=1S/C14H26N6/c1-4-6-12-13(18-15)16-9-17-14(12)19-20-10(2)7-5-8-11(20)3/h9-11H,4-8,15H2,1-3H3,(H2,16,17,18,19). The maximum atomic E-state index is 5.56. The second-order valence-electron chi connectivity index (χ2n) is 5.59. The van der Waals surface area contributed by atoms with Crippen molar-refractivity contribution in [3.63, 3.8) is 0 Å². The number of nitrogens with two attached hydrogens (primary N) is 1. The molecule has 1 aliphatic heterocycles. The Morgan fingerprint density at radius 2 is 1.90 bits per heavy atom. The summed E-state index contributed by atoms with van der Waals surface area (Å²) in [4.78, 5) is 8.61. The Morgan fingerprint density at radius 1 is 1.25 bits per heavy atom. The van der Waals surface area contributed by atoms with E-state index >= 15 is 0 Å². The van der Waals surface area contributed by atoms with Crippen LogP contribution in [0.1, 0.15) is 52.0 Å². The molecule has 2 heterocycles. The quantitative estimate of drug-likeness (QED) is 0.566. The summed E-state index contributed by atoms with van der Waals surface area (Å²) in [6, 6.07) is 1.02. The molecular formula is C14H26N6. The molecule has 2 unspecified atom stereocenters. The molecule has 0 aliphatic carbocycles. The van der Waals surface area contributed by atoms with Crippen molar-refractivity contribution in [2.75, 3.05) is 10.9 Å². The molecule has 20 heavy (non-hydrogen) atoms. The third-order valence-corrected chi connectivity index (χ3v) is 4.01. The second-order valence-corrected chi connectivity index (χ2v) is 5.59. The molecule has 1 saturated heterocycles. The van der Waals surface area contributed by atoms with Gasteiger partial charge in [0.15, 0.2) is 0 Å². The molecule has 2 atom stereocenters. The van der Waals surface area contributed by atoms with Crippen LogP contribution in [0.2, 0.25) is 0 Å². The molecule has 6 heteroatoms. The van der Waals surface area contributed by atoms with Crippen molar-refractivity contribution in [1.29, 1.82) is 0 Å². The molecule has 1 fully saturated rings. The highest BCUT2D eigenvalue weighted by Crippen LogP contribution is 2.26. The number of aromatic nitrogens is 2. The number of rotatable bonds is 5. The highest BCUT2D eigenvalue weighted by Gasteiger charge is 2.26. The fourth-order valence-electron chi connectivity index (χ4n) is 2.88. The fourth-order valence-corrected chi connectivity index (χ4v) is 2.88. The normalized spacial score (nSPS) is 23.6. The van der Waals surface area contributed by atoms with Crippen LogP contribution in [-0.4, -0.2) is 27.1 Å². The van der Waals surface area contributed by atoms with E-state index in [-0.39, 0.29) is 0 Å². The van der Waals surface area contributed by atoms with Gasteiger partial charge in [-0.25, -0.2) is 20.8 Å². The number of anilines is 2. The van der Waals surface area contributed by atoms with Crippen LogP contribution in [0, 0.1) is 0 Å². The van der Waals surface area contributed by atoms with Crippen LogP contribution in [0.15, 0.2) is 6.33 Å². The van der Waals surface area contributed by atoms with Crippen molar-refractivity contribution in [2.24, 2.45) is 5.84 Å². The maximum absolute atomic E-state index is 5.56. The van der Waals surface area contributed by atoms with Crippen molar-refractivity contribution in [2.45, 2.75) is 65.0 Å². The summed E-state index contributed by atoms with van der Waals surface area (Å²) in [5, 5.41) is 2.31. The zero-order valence-corrected chi connectivity index (χ0v) is 12.7. The lowest BCUT2D eigenvalue weighted by Gasteiger charge is -2.39. The third-order valence-electron chi connectivity index (χ3n) is 4.01. The van der Waals surface area contributed by atoms with Crippen molar-refractivity contribution >= 4 is 11.6 Å². The van der Waals surface area contributed by atoms with E-state index in [4.69, 9.17) is 5.84 Å². The van der Waals surface area contributed by atoms with E-state index in [1.807, 2.05) is 0 Å². The lowest BCUT2D eigenvalue weighted by Crippen LogP contribution is -2.47. The highest BCUT2D eigenvalue weighted by molar-refractivity contribution is 5.56. The topological polar surface area (TPSA) is 79.1 Å². The minimum Gasteiger partial charge on any atom is -0.308 e. The number of nitrogen functional groups attached to an aromatic ring is 1. The first-order valence-corrected chi connectivity index (χ1v) is 7.52. The predicted octanol–water partition coefficient (Wildman–Crippen LogP) is 2.30. The van der Waals surface area contributed by atoms with E-state index in [9.17, 15) is 0 Å². The molecule has 0 aromatic carbocycles. The average molecular weight is 278 g/mol. The van der Waals surface area contributed by atoms with Crippen molar-refractivity contribution in [1.82, 2.24) is 15.0 Å². The Bertz CT molecular complexity index is 426. The van der Waals surface area contributed by atoms with Gasteiger partial charge in [-0.15, -0.1) is 0 Å².